The molecule has 0 atom stereocenters. The summed E-state index contributed by atoms with van der Waals surface area (Å²) in [7, 11) is 2.10. The molecule has 1 fully saturated rings. The maximum Gasteiger partial charge on any atom is 0.0726 e. The summed E-state index contributed by atoms with van der Waals surface area (Å²) >= 11 is 0. The molecule has 1 aromatic heterocycles. The normalized spacial score (nSPS) is 14.6. The fourth-order valence-electron chi connectivity index (χ4n) is 2.49. The van der Waals surface area contributed by atoms with Crippen LogP contribution in [-0.2, 0) is 11.3 Å². The minimum Gasteiger partial charge on any atom is -0.379 e. The Labute approximate surface area is 125 Å². The van der Waals surface area contributed by atoms with Crippen molar-refractivity contribution in [2.45, 2.75) is 19.4 Å². The first-order chi connectivity index (χ1) is 10.3. The zero-order valence-electron chi connectivity index (χ0n) is 12.6. The SMILES string of the molecule is CN(CCOCC1CC1)c1cc(CN)nc2ccccc12. The number of ether oxygens (including phenoxy) is 1. The van der Waals surface area contributed by atoms with Crippen LogP contribution in [-0.4, -0.2) is 31.8 Å². The maximum absolute atomic E-state index is 5.77. The predicted molar refractivity (Wildman–Crippen MR) is 86.4 cm³/mol. The van der Waals surface area contributed by atoms with Gasteiger partial charge in [-0.15, -0.1) is 0 Å². The van der Waals surface area contributed by atoms with E-state index < -0.39 is 0 Å². The summed E-state index contributed by atoms with van der Waals surface area (Å²) < 4.78 is 5.74. The zero-order valence-corrected chi connectivity index (χ0v) is 12.6. The number of aromatic nitrogens is 1. The molecule has 21 heavy (non-hydrogen) atoms. The van der Waals surface area contributed by atoms with Crippen LogP contribution in [0.5, 0.6) is 0 Å². The molecule has 0 radical (unpaired) electrons. The van der Waals surface area contributed by atoms with Crippen molar-refractivity contribution < 1.29 is 4.74 Å². The number of rotatable bonds is 7. The van der Waals surface area contributed by atoms with Gasteiger partial charge in [-0.1, -0.05) is 18.2 Å². The van der Waals surface area contributed by atoms with E-state index in [9.17, 15) is 0 Å². The van der Waals surface area contributed by atoms with E-state index in [1.165, 1.54) is 23.9 Å². The van der Waals surface area contributed by atoms with E-state index in [-0.39, 0.29) is 0 Å². The molecule has 1 aliphatic rings. The van der Waals surface area contributed by atoms with Crippen LogP contribution in [0.2, 0.25) is 0 Å². The van der Waals surface area contributed by atoms with E-state index >= 15 is 0 Å². The van der Waals surface area contributed by atoms with Gasteiger partial charge in [-0.2, -0.15) is 0 Å². The van der Waals surface area contributed by atoms with Crippen molar-refractivity contribution in [1.29, 1.82) is 0 Å². The highest BCUT2D eigenvalue weighted by Crippen LogP contribution is 2.29. The highest BCUT2D eigenvalue weighted by Gasteiger charge is 2.21. The molecule has 3 rings (SSSR count). The fourth-order valence-corrected chi connectivity index (χ4v) is 2.49. The molecule has 2 aromatic rings. The van der Waals surface area contributed by atoms with E-state index in [2.05, 4.69) is 29.1 Å². The molecule has 2 N–H and O–H groups in total. The minimum atomic E-state index is 0.462. The van der Waals surface area contributed by atoms with Gasteiger partial charge in [0, 0.05) is 37.8 Å². The standard InChI is InChI=1S/C17H23N3O/c1-20(8-9-21-12-13-6-7-13)17-10-14(11-18)19-16-5-3-2-4-15(16)17/h2-5,10,13H,6-9,11-12,18H2,1H3. The molecule has 1 aromatic carbocycles. The Morgan fingerprint density at radius 1 is 1.33 bits per heavy atom. The lowest BCUT2D eigenvalue weighted by molar-refractivity contribution is 0.131. The van der Waals surface area contributed by atoms with Crippen LogP contribution >= 0.6 is 0 Å². The number of benzene rings is 1. The van der Waals surface area contributed by atoms with Crippen LogP contribution in [0.15, 0.2) is 30.3 Å². The Balaban J connectivity index is 1.73. The van der Waals surface area contributed by atoms with E-state index in [1.807, 2.05) is 18.2 Å². The predicted octanol–water partition coefficient (Wildman–Crippen LogP) is 2.56. The number of likely N-dealkylation sites (N-methyl/N-ethyl adjacent to an activating group) is 1. The second-order valence-corrected chi connectivity index (χ2v) is 5.79. The molecule has 0 bridgehead atoms. The molecule has 0 unspecified atom stereocenters. The third-order valence-electron chi connectivity index (χ3n) is 3.99. The third-order valence-corrected chi connectivity index (χ3v) is 3.99. The van der Waals surface area contributed by atoms with E-state index in [0.717, 1.165) is 36.9 Å². The largest absolute Gasteiger partial charge is 0.379 e. The molecule has 0 amide bonds. The van der Waals surface area contributed by atoms with E-state index in [1.54, 1.807) is 0 Å². The number of nitrogens with zero attached hydrogens (tertiary/aromatic N) is 2. The molecular weight excluding hydrogens is 262 g/mol. The topological polar surface area (TPSA) is 51.4 Å². The van der Waals surface area contributed by atoms with E-state index in [0.29, 0.717) is 6.54 Å². The Morgan fingerprint density at radius 2 is 2.14 bits per heavy atom. The molecule has 4 heteroatoms. The number of hydrogen-bond donors (Lipinski definition) is 1. The molecule has 112 valence electrons. The summed E-state index contributed by atoms with van der Waals surface area (Å²) in [5.74, 6) is 0.820. The van der Waals surface area contributed by atoms with Gasteiger partial charge >= 0.3 is 0 Å². The lowest BCUT2D eigenvalue weighted by Crippen LogP contribution is -2.23. The first-order valence-corrected chi connectivity index (χ1v) is 7.65. The van der Waals surface area contributed by atoms with E-state index in [4.69, 9.17) is 10.5 Å². The second kappa shape index (κ2) is 6.41. The number of fused-ring (bicyclic) bond motifs is 1. The van der Waals surface area contributed by atoms with Gasteiger partial charge in [-0.3, -0.25) is 4.98 Å². The smallest absolute Gasteiger partial charge is 0.0726 e. The van der Waals surface area contributed by atoms with Crippen LogP contribution < -0.4 is 10.6 Å². The fraction of sp³-hybridized carbons (Fsp3) is 0.471. The molecule has 4 nitrogen and oxygen atoms in total. The van der Waals surface area contributed by atoms with Gasteiger partial charge < -0.3 is 15.4 Å². The lowest BCUT2D eigenvalue weighted by atomic mass is 10.1. The van der Waals surface area contributed by atoms with Crippen LogP contribution in [0.1, 0.15) is 18.5 Å². The van der Waals surface area contributed by atoms with Crippen molar-refractivity contribution >= 4 is 16.6 Å². The Bertz CT molecular complexity index is 610. The van der Waals surface area contributed by atoms with Crippen LogP contribution in [0.25, 0.3) is 10.9 Å². The van der Waals surface area contributed by atoms with Crippen molar-refractivity contribution in [1.82, 2.24) is 4.98 Å². The lowest BCUT2D eigenvalue weighted by Gasteiger charge is -2.22. The summed E-state index contributed by atoms with van der Waals surface area (Å²) in [6.45, 7) is 3.02. The Morgan fingerprint density at radius 3 is 2.90 bits per heavy atom. The Hall–Kier alpha value is -1.65. The van der Waals surface area contributed by atoms with Crippen molar-refractivity contribution in [3.05, 3.63) is 36.0 Å². The summed E-state index contributed by atoms with van der Waals surface area (Å²) in [6.07, 6.45) is 2.68. The van der Waals surface area contributed by atoms with Gasteiger partial charge in [0.15, 0.2) is 0 Å². The van der Waals surface area contributed by atoms with Gasteiger partial charge in [0.1, 0.15) is 0 Å². The molecule has 0 spiro atoms. The van der Waals surface area contributed by atoms with Crippen molar-refractivity contribution in [2.24, 2.45) is 11.7 Å². The average Bonchev–Trinajstić information content (AvgIpc) is 3.34. The number of anilines is 1. The van der Waals surface area contributed by atoms with Crippen LogP contribution in [0, 0.1) is 5.92 Å². The maximum atomic E-state index is 5.77. The average molecular weight is 285 g/mol. The van der Waals surface area contributed by atoms with Gasteiger partial charge in [0.2, 0.25) is 0 Å². The summed E-state index contributed by atoms with van der Waals surface area (Å²) in [5, 5.41) is 1.17. The molecule has 1 saturated carbocycles. The van der Waals surface area contributed by atoms with Crippen molar-refractivity contribution in [3.8, 4) is 0 Å². The number of nitrogens with two attached hydrogens (primary N) is 1. The summed E-state index contributed by atoms with van der Waals surface area (Å²) in [6, 6.07) is 10.3. The quantitative estimate of drug-likeness (QED) is 0.794. The molecular formula is C17H23N3O. The molecule has 0 saturated heterocycles. The van der Waals surface area contributed by atoms with Gasteiger partial charge in [0.05, 0.1) is 17.8 Å². The van der Waals surface area contributed by atoms with Gasteiger partial charge in [-0.25, -0.2) is 0 Å². The first kappa shape index (κ1) is 14.3. The monoisotopic (exact) mass is 285 g/mol. The van der Waals surface area contributed by atoms with Crippen molar-refractivity contribution in [2.75, 3.05) is 31.7 Å². The first-order valence-electron chi connectivity index (χ1n) is 7.65. The third kappa shape index (κ3) is 3.52. The minimum absolute atomic E-state index is 0.462. The molecule has 1 aliphatic carbocycles. The summed E-state index contributed by atoms with van der Waals surface area (Å²) in [5.41, 5.74) is 8.87. The summed E-state index contributed by atoms with van der Waals surface area (Å²) in [4.78, 5) is 6.81. The highest BCUT2D eigenvalue weighted by molar-refractivity contribution is 5.91. The van der Waals surface area contributed by atoms with Gasteiger partial charge in [-0.05, 0) is 30.9 Å². The zero-order chi connectivity index (χ0) is 14.7. The molecule has 1 heterocycles. The number of para-hydroxylation sites is 1. The van der Waals surface area contributed by atoms with Crippen LogP contribution in [0.4, 0.5) is 5.69 Å². The van der Waals surface area contributed by atoms with Gasteiger partial charge in [0.25, 0.3) is 0 Å². The number of pyridine rings is 1. The molecule has 0 aliphatic heterocycles. The second-order valence-electron chi connectivity index (χ2n) is 5.79. The highest BCUT2D eigenvalue weighted by atomic mass is 16.5. The van der Waals surface area contributed by atoms with Crippen LogP contribution in [0.3, 0.4) is 0 Å². The van der Waals surface area contributed by atoms with Crippen molar-refractivity contribution in [3.63, 3.8) is 0 Å². The number of hydrogen-bond acceptors (Lipinski definition) is 4. The Kier molecular flexibility index (Phi) is 4.36.